The minimum atomic E-state index is -0.799. The van der Waals surface area contributed by atoms with E-state index in [0.717, 1.165) is 5.56 Å². The third-order valence-electron chi connectivity index (χ3n) is 3.34. The van der Waals surface area contributed by atoms with Crippen molar-refractivity contribution in [2.24, 2.45) is 5.73 Å². The van der Waals surface area contributed by atoms with Gasteiger partial charge in [-0.15, -0.1) is 0 Å². The van der Waals surface area contributed by atoms with Gasteiger partial charge in [0.05, 0.1) is 12.1 Å². The molecule has 1 atom stereocenters. The Morgan fingerprint density at radius 1 is 1.22 bits per heavy atom. The van der Waals surface area contributed by atoms with Crippen molar-refractivity contribution in [1.82, 2.24) is 5.32 Å². The highest BCUT2D eigenvalue weighted by Gasteiger charge is 2.20. The molecular weight excluding hydrogens is 316 g/mol. The molecule has 0 aliphatic rings. The first-order chi connectivity index (χ1) is 11.0. The van der Waals surface area contributed by atoms with Gasteiger partial charge in [-0.3, -0.25) is 9.59 Å². The number of hydrogen-bond acceptors (Lipinski definition) is 3. The zero-order valence-corrected chi connectivity index (χ0v) is 13.3. The van der Waals surface area contributed by atoms with Crippen LogP contribution in [0.3, 0.4) is 0 Å². The van der Waals surface area contributed by atoms with E-state index in [2.05, 4.69) is 5.32 Å². The molecule has 0 saturated carbocycles. The van der Waals surface area contributed by atoms with Crippen molar-refractivity contribution in [3.05, 3.63) is 64.7 Å². The molecular formula is C17H17ClN2O3. The van der Waals surface area contributed by atoms with Gasteiger partial charge in [-0.2, -0.15) is 0 Å². The van der Waals surface area contributed by atoms with Gasteiger partial charge in [-0.25, -0.2) is 0 Å². The second kappa shape index (κ2) is 7.65. The molecule has 6 heteroatoms. The van der Waals surface area contributed by atoms with Crippen molar-refractivity contribution in [2.45, 2.75) is 12.5 Å². The molecule has 120 valence electrons. The van der Waals surface area contributed by atoms with E-state index in [1.54, 1.807) is 12.1 Å². The summed E-state index contributed by atoms with van der Waals surface area (Å²) in [6, 6.07) is 13.2. The average molecular weight is 333 g/mol. The molecule has 0 bridgehead atoms. The number of rotatable bonds is 6. The fourth-order valence-corrected chi connectivity index (χ4v) is 2.31. The number of benzene rings is 2. The van der Waals surface area contributed by atoms with Crippen molar-refractivity contribution in [1.29, 1.82) is 0 Å². The Balaban J connectivity index is 2.13. The summed E-state index contributed by atoms with van der Waals surface area (Å²) in [5.74, 6) is -0.624. The van der Waals surface area contributed by atoms with E-state index in [4.69, 9.17) is 22.1 Å². The van der Waals surface area contributed by atoms with Crippen LogP contribution in [0, 0.1) is 0 Å². The Hall–Kier alpha value is -2.53. The van der Waals surface area contributed by atoms with Crippen molar-refractivity contribution in [3.63, 3.8) is 0 Å². The molecule has 0 aromatic heterocycles. The second-order valence-electron chi connectivity index (χ2n) is 4.97. The minimum Gasteiger partial charge on any atom is -0.495 e. The molecule has 3 N–H and O–H groups in total. The van der Waals surface area contributed by atoms with Gasteiger partial charge in [0.1, 0.15) is 11.8 Å². The van der Waals surface area contributed by atoms with Crippen LogP contribution in [-0.4, -0.2) is 25.0 Å². The summed E-state index contributed by atoms with van der Waals surface area (Å²) in [6.45, 7) is 0. The number of methoxy groups -OCH3 is 1. The molecule has 2 aromatic rings. The highest BCUT2D eigenvalue weighted by Crippen LogP contribution is 2.25. The summed E-state index contributed by atoms with van der Waals surface area (Å²) in [6.07, 6.45) is 0.326. The highest BCUT2D eigenvalue weighted by atomic mass is 35.5. The number of amides is 2. The van der Waals surface area contributed by atoms with E-state index >= 15 is 0 Å². The van der Waals surface area contributed by atoms with Crippen LogP contribution in [0.15, 0.2) is 48.5 Å². The monoisotopic (exact) mass is 332 g/mol. The molecule has 0 heterocycles. The average Bonchev–Trinajstić information content (AvgIpc) is 2.55. The maximum atomic E-state index is 12.3. The molecule has 2 aromatic carbocycles. The first-order valence-electron chi connectivity index (χ1n) is 6.99. The van der Waals surface area contributed by atoms with Crippen LogP contribution < -0.4 is 15.8 Å². The molecule has 0 saturated heterocycles. The predicted molar refractivity (Wildman–Crippen MR) is 88.6 cm³/mol. The lowest BCUT2D eigenvalue weighted by molar-refractivity contribution is -0.119. The molecule has 5 nitrogen and oxygen atoms in total. The summed E-state index contributed by atoms with van der Waals surface area (Å²) in [7, 11) is 1.46. The molecule has 23 heavy (non-hydrogen) atoms. The quantitative estimate of drug-likeness (QED) is 0.850. The summed E-state index contributed by atoms with van der Waals surface area (Å²) >= 11 is 5.93. The third kappa shape index (κ3) is 4.47. The van der Waals surface area contributed by atoms with E-state index in [1.807, 2.05) is 30.3 Å². The topological polar surface area (TPSA) is 81.4 Å². The van der Waals surface area contributed by atoms with Crippen LogP contribution in [0.1, 0.15) is 15.9 Å². The summed E-state index contributed by atoms with van der Waals surface area (Å²) in [5.41, 5.74) is 6.64. The lowest BCUT2D eigenvalue weighted by atomic mass is 10.0. The molecule has 0 unspecified atom stereocenters. The zero-order valence-electron chi connectivity index (χ0n) is 12.6. The molecule has 0 aliphatic carbocycles. The molecule has 0 aliphatic heterocycles. The Bertz CT molecular complexity index is 704. The molecule has 2 amide bonds. The van der Waals surface area contributed by atoms with E-state index in [1.165, 1.54) is 13.2 Å². The standard InChI is InChI=1S/C17H17ClN2O3/c1-23-15-10-12(7-8-13(15)18)17(22)20-14(16(19)21)9-11-5-3-2-4-6-11/h2-8,10,14H,9H2,1H3,(H2,19,21)(H,20,22)/t14-/m0/s1. The Morgan fingerprint density at radius 3 is 2.52 bits per heavy atom. The van der Waals surface area contributed by atoms with Crippen LogP contribution in [-0.2, 0) is 11.2 Å². The van der Waals surface area contributed by atoms with Crippen molar-refractivity contribution in [3.8, 4) is 5.75 Å². The maximum Gasteiger partial charge on any atom is 0.252 e. The SMILES string of the molecule is COc1cc(C(=O)N[C@@H](Cc2ccccc2)C(N)=O)ccc1Cl. The van der Waals surface area contributed by atoms with Crippen LogP contribution in [0.25, 0.3) is 0 Å². The maximum absolute atomic E-state index is 12.3. The number of carbonyl (C=O) groups excluding carboxylic acids is 2. The van der Waals surface area contributed by atoms with E-state index in [-0.39, 0.29) is 0 Å². The van der Waals surface area contributed by atoms with Gasteiger partial charge < -0.3 is 15.8 Å². The number of nitrogens with two attached hydrogens (primary N) is 1. The second-order valence-corrected chi connectivity index (χ2v) is 5.37. The Labute approximate surface area is 139 Å². The number of hydrogen-bond donors (Lipinski definition) is 2. The van der Waals surface area contributed by atoms with Crippen LogP contribution in [0.5, 0.6) is 5.75 Å². The van der Waals surface area contributed by atoms with Gasteiger partial charge >= 0.3 is 0 Å². The summed E-state index contributed by atoms with van der Waals surface area (Å²) in [4.78, 5) is 23.9. The molecule has 2 rings (SSSR count). The van der Waals surface area contributed by atoms with Crippen LogP contribution >= 0.6 is 11.6 Å². The number of ether oxygens (including phenoxy) is 1. The number of carbonyl (C=O) groups is 2. The first kappa shape index (κ1) is 16.8. The van der Waals surface area contributed by atoms with Gasteiger partial charge in [0, 0.05) is 12.0 Å². The number of nitrogens with one attached hydrogen (secondary N) is 1. The van der Waals surface area contributed by atoms with Crippen molar-refractivity contribution < 1.29 is 14.3 Å². The number of primary amides is 1. The zero-order chi connectivity index (χ0) is 16.8. The van der Waals surface area contributed by atoms with Crippen molar-refractivity contribution >= 4 is 23.4 Å². The number of halogens is 1. The summed E-state index contributed by atoms with van der Waals surface area (Å²) in [5, 5.41) is 3.04. The van der Waals surface area contributed by atoms with Crippen LogP contribution in [0.4, 0.5) is 0 Å². The lowest BCUT2D eigenvalue weighted by Gasteiger charge is -2.16. The molecule has 0 spiro atoms. The Morgan fingerprint density at radius 2 is 1.91 bits per heavy atom. The Kier molecular flexibility index (Phi) is 5.60. The van der Waals surface area contributed by atoms with Crippen molar-refractivity contribution in [2.75, 3.05) is 7.11 Å². The van der Waals surface area contributed by atoms with Gasteiger partial charge in [0.25, 0.3) is 5.91 Å². The first-order valence-corrected chi connectivity index (χ1v) is 7.36. The molecule has 0 radical (unpaired) electrons. The van der Waals surface area contributed by atoms with Gasteiger partial charge in [0.2, 0.25) is 5.91 Å². The van der Waals surface area contributed by atoms with Gasteiger partial charge in [-0.1, -0.05) is 41.9 Å². The normalized spacial score (nSPS) is 11.6. The third-order valence-corrected chi connectivity index (χ3v) is 3.66. The van der Waals surface area contributed by atoms with E-state index in [9.17, 15) is 9.59 Å². The van der Waals surface area contributed by atoms with Crippen LogP contribution in [0.2, 0.25) is 5.02 Å². The largest absolute Gasteiger partial charge is 0.495 e. The predicted octanol–water partition coefficient (Wildman–Crippen LogP) is 2.17. The fourth-order valence-electron chi connectivity index (χ4n) is 2.12. The van der Waals surface area contributed by atoms with E-state index in [0.29, 0.717) is 22.8 Å². The highest BCUT2D eigenvalue weighted by molar-refractivity contribution is 6.32. The fraction of sp³-hybridized carbons (Fsp3) is 0.176. The lowest BCUT2D eigenvalue weighted by Crippen LogP contribution is -2.45. The summed E-state index contributed by atoms with van der Waals surface area (Å²) < 4.78 is 5.08. The minimum absolute atomic E-state index is 0.326. The van der Waals surface area contributed by atoms with Gasteiger partial charge in [0.15, 0.2) is 0 Å². The molecule has 0 fully saturated rings. The smallest absolute Gasteiger partial charge is 0.252 e. The van der Waals surface area contributed by atoms with E-state index < -0.39 is 17.9 Å². The van der Waals surface area contributed by atoms with Gasteiger partial charge in [-0.05, 0) is 23.8 Å².